The van der Waals surface area contributed by atoms with Gasteiger partial charge in [-0.2, -0.15) is 4.31 Å². The Bertz CT molecular complexity index is 749. The number of nitrogens with zero attached hydrogens (tertiary/aromatic N) is 3. The smallest absolute Gasteiger partial charge is 0.211 e. The summed E-state index contributed by atoms with van der Waals surface area (Å²) in [6.45, 7) is 2.37. The molecule has 1 aromatic carbocycles. The minimum atomic E-state index is -3.09. The summed E-state index contributed by atoms with van der Waals surface area (Å²) in [6.07, 6.45) is 1.26. The molecular weight excluding hydrogens is 310 g/mol. The number of methoxy groups -OCH3 is 1. The third-order valence-corrected chi connectivity index (χ3v) is 5.96. The lowest BCUT2D eigenvalue weighted by molar-refractivity contribution is 0.388. The van der Waals surface area contributed by atoms with Gasteiger partial charge in [-0.25, -0.2) is 13.4 Å². The number of fused-ring (bicyclic) bond motifs is 1. The van der Waals surface area contributed by atoms with Crippen molar-refractivity contribution in [1.29, 1.82) is 0 Å². The molecule has 0 unspecified atom stereocenters. The number of anilines is 1. The van der Waals surface area contributed by atoms with Crippen LogP contribution in [-0.4, -0.2) is 57.3 Å². The predicted molar refractivity (Wildman–Crippen MR) is 84.8 cm³/mol. The monoisotopic (exact) mass is 327 g/mol. The molecule has 2 aromatic rings. The zero-order valence-electron chi connectivity index (χ0n) is 11.9. The number of sulfonamides is 1. The molecule has 0 atom stereocenters. The first kappa shape index (κ1) is 14.6. The molecule has 0 spiro atoms. The number of hydrogen-bond donors (Lipinski definition) is 0. The van der Waals surface area contributed by atoms with E-state index in [2.05, 4.69) is 9.88 Å². The lowest BCUT2D eigenvalue weighted by Gasteiger charge is -2.32. The molecule has 0 saturated carbocycles. The summed E-state index contributed by atoms with van der Waals surface area (Å²) in [6, 6.07) is 5.84. The first-order chi connectivity index (χ1) is 9.97. The fourth-order valence-corrected chi connectivity index (χ4v) is 4.19. The van der Waals surface area contributed by atoms with Gasteiger partial charge in [0.25, 0.3) is 0 Å². The van der Waals surface area contributed by atoms with Crippen molar-refractivity contribution in [2.24, 2.45) is 0 Å². The van der Waals surface area contributed by atoms with Gasteiger partial charge < -0.3 is 9.64 Å². The molecule has 0 N–H and O–H groups in total. The summed E-state index contributed by atoms with van der Waals surface area (Å²) in [4.78, 5) is 6.77. The van der Waals surface area contributed by atoms with Gasteiger partial charge in [0, 0.05) is 32.2 Å². The Hall–Kier alpha value is -1.38. The summed E-state index contributed by atoms with van der Waals surface area (Å²) in [5, 5.41) is 0.936. The minimum Gasteiger partial charge on any atom is -0.497 e. The number of piperazine rings is 1. The highest BCUT2D eigenvalue weighted by Crippen LogP contribution is 2.31. The van der Waals surface area contributed by atoms with E-state index >= 15 is 0 Å². The fourth-order valence-electron chi connectivity index (χ4n) is 2.37. The van der Waals surface area contributed by atoms with Crippen molar-refractivity contribution in [2.45, 2.75) is 0 Å². The molecule has 0 amide bonds. The Morgan fingerprint density at radius 3 is 2.57 bits per heavy atom. The van der Waals surface area contributed by atoms with E-state index in [4.69, 9.17) is 4.74 Å². The summed E-state index contributed by atoms with van der Waals surface area (Å²) in [5.74, 6) is 0.793. The molecule has 1 aromatic heterocycles. The zero-order chi connectivity index (χ0) is 15.0. The van der Waals surface area contributed by atoms with Gasteiger partial charge in [-0.1, -0.05) is 11.3 Å². The largest absolute Gasteiger partial charge is 0.497 e. The van der Waals surface area contributed by atoms with Crippen molar-refractivity contribution in [3.63, 3.8) is 0 Å². The third-order valence-electron chi connectivity index (χ3n) is 3.56. The van der Waals surface area contributed by atoms with Crippen LogP contribution in [0.15, 0.2) is 18.2 Å². The number of thiazole rings is 1. The molecule has 0 aliphatic carbocycles. The molecule has 0 radical (unpaired) electrons. The zero-order valence-corrected chi connectivity index (χ0v) is 13.6. The molecule has 2 heterocycles. The SMILES string of the molecule is COc1ccc2sc(N3CCN(S(C)(=O)=O)CC3)nc2c1. The van der Waals surface area contributed by atoms with Crippen LogP contribution < -0.4 is 9.64 Å². The minimum absolute atomic E-state index is 0.512. The van der Waals surface area contributed by atoms with Gasteiger partial charge >= 0.3 is 0 Å². The average molecular weight is 327 g/mol. The van der Waals surface area contributed by atoms with Crippen LogP contribution in [0.1, 0.15) is 0 Å². The van der Waals surface area contributed by atoms with Crippen molar-refractivity contribution in [1.82, 2.24) is 9.29 Å². The second-order valence-corrected chi connectivity index (χ2v) is 7.97. The van der Waals surface area contributed by atoms with E-state index < -0.39 is 10.0 Å². The molecule has 1 saturated heterocycles. The van der Waals surface area contributed by atoms with E-state index in [9.17, 15) is 8.42 Å². The van der Waals surface area contributed by atoms with Crippen molar-refractivity contribution in [3.05, 3.63) is 18.2 Å². The van der Waals surface area contributed by atoms with Crippen molar-refractivity contribution < 1.29 is 13.2 Å². The molecular formula is C13H17N3O3S2. The summed E-state index contributed by atoms with van der Waals surface area (Å²) < 4.78 is 30.9. The Morgan fingerprint density at radius 1 is 1.24 bits per heavy atom. The first-order valence-corrected chi connectivity index (χ1v) is 9.28. The van der Waals surface area contributed by atoms with E-state index in [0.717, 1.165) is 21.1 Å². The number of benzene rings is 1. The number of hydrogen-bond acceptors (Lipinski definition) is 6. The van der Waals surface area contributed by atoms with Crippen LogP contribution in [0.25, 0.3) is 10.2 Å². The van der Waals surface area contributed by atoms with E-state index in [1.54, 1.807) is 18.4 Å². The maximum atomic E-state index is 11.5. The van der Waals surface area contributed by atoms with Crippen molar-refractivity contribution in [3.8, 4) is 5.75 Å². The molecule has 1 aliphatic heterocycles. The number of aromatic nitrogens is 1. The van der Waals surface area contributed by atoms with Crippen LogP contribution in [0, 0.1) is 0 Å². The van der Waals surface area contributed by atoms with Gasteiger partial charge in [0.15, 0.2) is 5.13 Å². The van der Waals surface area contributed by atoms with E-state index in [1.807, 2.05) is 18.2 Å². The molecule has 21 heavy (non-hydrogen) atoms. The standard InChI is InChI=1S/C13H17N3O3S2/c1-19-10-3-4-12-11(9-10)14-13(20-12)15-5-7-16(8-6-15)21(2,17)18/h3-4,9H,5-8H2,1-2H3. The van der Waals surface area contributed by atoms with E-state index in [-0.39, 0.29) is 0 Å². The third kappa shape index (κ3) is 2.97. The molecule has 1 fully saturated rings. The van der Waals surface area contributed by atoms with Crippen LogP contribution in [0.4, 0.5) is 5.13 Å². The fraction of sp³-hybridized carbons (Fsp3) is 0.462. The summed E-state index contributed by atoms with van der Waals surface area (Å²) >= 11 is 1.62. The second-order valence-electron chi connectivity index (χ2n) is 4.98. The molecule has 1 aliphatic rings. The normalized spacial score (nSPS) is 17.3. The van der Waals surface area contributed by atoms with Gasteiger partial charge in [-0.3, -0.25) is 0 Å². The van der Waals surface area contributed by atoms with Crippen LogP contribution in [0.5, 0.6) is 5.75 Å². The van der Waals surface area contributed by atoms with E-state index in [1.165, 1.54) is 10.6 Å². The summed E-state index contributed by atoms with van der Waals surface area (Å²) in [7, 11) is -1.45. The predicted octanol–water partition coefficient (Wildman–Crippen LogP) is 1.39. The molecule has 6 nitrogen and oxygen atoms in total. The van der Waals surface area contributed by atoms with Gasteiger partial charge in [0.2, 0.25) is 10.0 Å². The van der Waals surface area contributed by atoms with Crippen LogP contribution >= 0.6 is 11.3 Å². The van der Waals surface area contributed by atoms with Crippen molar-refractivity contribution >= 4 is 36.7 Å². The lowest BCUT2D eigenvalue weighted by atomic mass is 10.3. The Kier molecular flexibility index (Phi) is 3.76. The Morgan fingerprint density at radius 2 is 1.95 bits per heavy atom. The highest BCUT2D eigenvalue weighted by atomic mass is 32.2. The summed E-state index contributed by atoms with van der Waals surface area (Å²) in [5.41, 5.74) is 0.917. The van der Waals surface area contributed by atoms with Gasteiger partial charge in [0.1, 0.15) is 5.75 Å². The number of ether oxygens (including phenoxy) is 1. The maximum Gasteiger partial charge on any atom is 0.211 e. The molecule has 3 rings (SSSR count). The molecule has 114 valence electrons. The van der Waals surface area contributed by atoms with Gasteiger partial charge in [0.05, 0.1) is 23.6 Å². The second kappa shape index (κ2) is 5.43. The Balaban J connectivity index is 1.79. The highest BCUT2D eigenvalue weighted by Gasteiger charge is 2.24. The molecule has 0 bridgehead atoms. The van der Waals surface area contributed by atoms with Crippen LogP contribution in [0.2, 0.25) is 0 Å². The first-order valence-electron chi connectivity index (χ1n) is 6.62. The topological polar surface area (TPSA) is 62.7 Å². The number of rotatable bonds is 3. The lowest BCUT2D eigenvalue weighted by Crippen LogP contribution is -2.48. The molecule has 8 heteroatoms. The average Bonchev–Trinajstić information content (AvgIpc) is 2.89. The Labute approximate surface area is 128 Å². The highest BCUT2D eigenvalue weighted by molar-refractivity contribution is 7.88. The maximum absolute atomic E-state index is 11.5. The van der Waals surface area contributed by atoms with Crippen molar-refractivity contribution in [2.75, 3.05) is 44.4 Å². The van der Waals surface area contributed by atoms with Gasteiger partial charge in [-0.15, -0.1) is 0 Å². The quantitative estimate of drug-likeness (QED) is 0.852. The van der Waals surface area contributed by atoms with E-state index in [0.29, 0.717) is 26.2 Å². The van der Waals surface area contributed by atoms with Gasteiger partial charge in [-0.05, 0) is 12.1 Å². The van der Waals surface area contributed by atoms with Crippen LogP contribution in [-0.2, 0) is 10.0 Å². The van der Waals surface area contributed by atoms with Crippen LogP contribution in [0.3, 0.4) is 0 Å².